The molecule has 174 valence electrons. The minimum atomic E-state index is -0.458. The van der Waals surface area contributed by atoms with Crippen molar-refractivity contribution in [3.8, 4) is 11.5 Å². The van der Waals surface area contributed by atoms with Crippen LogP contribution in [0.5, 0.6) is 11.5 Å². The minimum absolute atomic E-state index is 0.0944. The number of benzene rings is 3. The predicted molar refractivity (Wildman–Crippen MR) is 128 cm³/mol. The average Bonchev–Trinajstić information content (AvgIpc) is 3.08. The Labute approximate surface area is 197 Å². The van der Waals surface area contributed by atoms with Crippen LogP contribution in [0.3, 0.4) is 0 Å². The van der Waals surface area contributed by atoms with Gasteiger partial charge in [-0.05, 0) is 53.9 Å². The summed E-state index contributed by atoms with van der Waals surface area (Å²) in [4.78, 5) is 28.0. The number of methoxy groups -OCH3 is 1. The maximum absolute atomic E-state index is 13.5. The highest BCUT2D eigenvalue weighted by molar-refractivity contribution is 6.36. The van der Waals surface area contributed by atoms with Crippen LogP contribution in [-0.2, 0) is 16.1 Å². The largest absolute Gasteiger partial charge is 0.497 e. The molecule has 0 saturated carbocycles. The molecule has 3 aromatic carbocycles. The molecule has 7 heteroatoms. The first-order valence-corrected chi connectivity index (χ1v) is 11.0. The van der Waals surface area contributed by atoms with Gasteiger partial charge in [0, 0.05) is 11.8 Å². The molecule has 34 heavy (non-hydrogen) atoms. The Hall–Kier alpha value is -4.13. The van der Waals surface area contributed by atoms with Gasteiger partial charge < -0.3 is 14.8 Å². The number of nitrogens with one attached hydrogen (secondary N) is 1. The zero-order valence-corrected chi connectivity index (χ0v) is 19.0. The van der Waals surface area contributed by atoms with Crippen LogP contribution in [-0.4, -0.2) is 30.4 Å². The van der Waals surface area contributed by atoms with Crippen LogP contribution in [0.2, 0.25) is 0 Å². The van der Waals surface area contributed by atoms with E-state index in [-0.39, 0.29) is 17.8 Å². The highest BCUT2D eigenvalue weighted by atomic mass is 19.1. The van der Waals surface area contributed by atoms with Crippen molar-refractivity contribution in [2.45, 2.75) is 19.9 Å². The third-order valence-electron chi connectivity index (χ3n) is 5.38. The van der Waals surface area contributed by atoms with Crippen molar-refractivity contribution in [3.05, 3.63) is 95.4 Å². The molecule has 1 aliphatic heterocycles. The van der Waals surface area contributed by atoms with Gasteiger partial charge in [0.2, 0.25) is 0 Å². The van der Waals surface area contributed by atoms with E-state index in [4.69, 9.17) is 9.47 Å². The molecule has 0 radical (unpaired) electrons. The molecule has 4 rings (SSSR count). The van der Waals surface area contributed by atoms with Crippen LogP contribution in [0, 0.1) is 5.82 Å². The van der Waals surface area contributed by atoms with Crippen molar-refractivity contribution in [3.63, 3.8) is 0 Å². The Morgan fingerprint density at radius 2 is 1.65 bits per heavy atom. The van der Waals surface area contributed by atoms with E-state index in [0.29, 0.717) is 29.4 Å². The number of hydrogen-bond donors (Lipinski definition) is 1. The molecule has 0 aliphatic carbocycles. The third kappa shape index (κ3) is 4.93. The molecule has 1 aliphatic rings. The van der Waals surface area contributed by atoms with Crippen molar-refractivity contribution in [2.24, 2.45) is 0 Å². The lowest BCUT2D eigenvalue weighted by molar-refractivity contribution is -0.137. The minimum Gasteiger partial charge on any atom is -0.497 e. The third-order valence-corrected chi connectivity index (χ3v) is 5.38. The van der Waals surface area contributed by atoms with E-state index in [1.165, 1.54) is 29.2 Å². The summed E-state index contributed by atoms with van der Waals surface area (Å²) in [5.74, 6) is 0.00274. The Kier molecular flexibility index (Phi) is 6.92. The number of imide groups is 1. The molecule has 0 fully saturated rings. The Balaban J connectivity index is 1.67. The lowest BCUT2D eigenvalue weighted by Gasteiger charge is -2.16. The van der Waals surface area contributed by atoms with Crippen LogP contribution in [0.4, 0.5) is 10.1 Å². The van der Waals surface area contributed by atoms with E-state index < -0.39 is 17.6 Å². The van der Waals surface area contributed by atoms with E-state index in [2.05, 4.69) is 5.32 Å². The van der Waals surface area contributed by atoms with Crippen molar-refractivity contribution < 1.29 is 23.5 Å². The first-order valence-electron chi connectivity index (χ1n) is 11.0. The monoisotopic (exact) mass is 460 g/mol. The summed E-state index contributed by atoms with van der Waals surface area (Å²) in [6.45, 7) is 2.68. The van der Waals surface area contributed by atoms with E-state index in [1.54, 1.807) is 43.5 Å². The maximum Gasteiger partial charge on any atom is 0.278 e. The fourth-order valence-corrected chi connectivity index (χ4v) is 3.66. The van der Waals surface area contributed by atoms with Crippen molar-refractivity contribution in [1.82, 2.24) is 4.90 Å². The number of rotatable bonds is 9. The molecule has 0 aromatic heterocycles. The summed E-state index contributed by atoms with van der Waals surface area (Å²) >= 11 is 0. The molecule has 0 saturated heterocycles. The standard InChI is InChI=1S/C27H25FN2O4/c1-3-15-34-23-6-4-5-21(16-23)29-25-24(19-9-11-20(28)12-10-19)26(31)30(27(25)32)17-18-7-13-22(33-2)14-8-18/h4-14,16,29H,3,15,17H2,1-2H3. The number of nitrogens with zero attached hydrogens (tertiary/aromatic N) is 1. The summed E-state index contributed by atoms with van der Waals surface area (Å²) in [6, 6.07) is 19.9. The molecule has 0 unspecified atom stereocenters. The average molecular weight is 461 g/mol. The number of carbonyl (C=O) groups is 2. The number of halogens is 1. The number of hydrogen-bond acceptors (Lipinski definition) is 5. The zero-order chi connectivity index (χ0) is 24.1. The number of anilines is 1. The molecule has 6 nitrogen and oxygen atoms in total. The predicted octanol–water partition coefficient (Wildman–Crippen LogP) is 5.02. The molecule has 1 N–H and O–H groups in total. The van der Waals surface area contributed by atoms with E-state index in [1.807, 2.05) is 19.1 Å². The fourth-order valence-electron chi connectivity index (χ4n) is 3.66. The zero-order valence-electron chi connectivity index (χ0n) is 19.0. The molecule has 0 bridgehead atoms. The lowest BCUT2D eigenvalue weighted by atomic mass is 10.0. The Morgan fingerprint density at radius 1 is 0.912 bits per heavy atom. The summed E-state index contributed by atoms with van der Waals surface area (Å²) < 4.78 is 24.4. The number of carbonyl (C=O) groups excluding carboxylic acids is 2. The van der Waals surface area contributed by atoms with Crippen LogP contribution >= 0.6 is 0 Å². The van der Waals surface area contributed by atoms with Crippen LogP contribution in [0.25, 0.3) is 5.57 Å². The number of ether oxygens (including phenoxy) is 2. The summed E-state index contributed by atoms with van der Waals surface area (Å²) in [5.41, 5.74) is 2.17. The summed E-state index contributed by atoms with van der Waals surface area (Å²) in [7, 11) is 1.57. The van der Waals surface area contributed by atoms with Gasteiger partial charge in [-0.25, -0.2) is 4.39 Å². The van der Waals surface area contributed by atoms with Gasteiger partial charge in [-0.3, -0.25) is 14.5 Å². The van der Waals surface area contributed by atoms with Gasteiger partial charge in [-0.15, -0.1) is 0 Å². The number of amides is 2. The van der Waals surface area contributed by atoms with Crippen molar-refractivity contribution >= 4 is 23.1 Å². The quantitative estimate of drug-likeness (QED) is 0.455. The fraction of sp³-hybridized carbons (Fsp3) is 0.185. The van der Waals surface area contributed by atoms with E-state index >= 15 is 0 Å². The first kappa shape index (κ1) is 23.0. The molecule has 0 atom stereocenters. The second-order valence-electron chi connectivity index (χ2n) is 7.80. The molecular weight excluding hydrogens is 435 g/mol. The van der Waals surface area contributed by atoms with E-state index in [0.717, 1.165) is 12.0 Å². The topological polar surface area (TPSA) is 67.9 Å². The van der Waals surface area contributed by atoms with Crippen LogP contribution in [0.15, 0.2) is 78.5 Å². The van der Waals surface area contributed by atoms with Gasteiger partial charge in [0.1, 0.15) is 23.0 Å². The van der Waals surface area contributed by atoms with E-state index in [9.17, 15) is 14.0 Å². The van der Waals surface area contributed by atoms with Crippen molar-refractivity contribution in [1.29, 1.82) is 0 Å². The highest BCUT2D eigenvalue weighted by Gasteiger charge is 2.39. The maximum atomic E-state index is 13.5. The van der Waals surface area contributed by atoms with Gasteiger partial charge in [0.25, 0.3) is 11.8 Å². The Bertz CT molecular complexity index is 1220. The Morgan fingerprint density at radius 3 is 2.32 bits per heavy atom. The molecule has 2 amide bonds. The normalized spacial score (nSPS) is 13.4. The summed E-state index contributed by atoms with van der Waals surface area (Å²) in [5, 5.41) is 3.11. The van der Waals surface area contributed by atoms with Crippen LogP contribution < -0.4 is 14.8 Å². The van der Waals surface area contributed by atoms with Gasteiger partial charge in [0.05, 0.1) is 25.8 Å². The van der Waals surface area contributed by atoms with Gasteiger partial charge in [0.15, 0.2) is 0 Å². The van der Waals surface area contributed by atoms with Crippen LogP contribution in [0.1, 0.15) is 24.5 Å². The van der Waals surface area contributed by atoms with Gasteiger partial charge in [-0.2, -0.15) is 0 Å². The first-order chi connectivity index (χ1) is 16.5. The lowest BCUT2D eigenvalue weighted by Crippen LogP contribution is -2.32. The second-order valence-corrected chi connectivity index (χ2v) is 7.80. The van der Waals surface area contributed by atoms with Gasteiger partial charge in [-0.1, -0.05) is 37.3 Å². The molecule has 0 spiro atoms. The van der Waals surface area contributed by atoms with Gasteiger partial charge >= 0.3 is 0 Å². The highest BCUT2D eigenvalue weighted by Crippen LogP contribution is 2.32. The second kappa shape index (κ2) is 10.2. The molecular formula is C27H25FN2O4. The SMILES string of the molecule is CCCOc1cccc(NC2=C(c3ccc(F)cc3)C(=O)N(Cc3ccc(OC)cc3)C2=O)c1. The molecule has 3 aromatic rings. The summed E-state index contributed by atoms with van der Waals surface area (Å²) in [6.07, 6.45) is 0.866. The smallest absolute Gasteiger partial charge is 0.278 e. The molecule has 1 heterocycles. The van der Waals surface area contributed by atoms with Crippen molar-refractivity contribution in [2.75, 3.05) is 19.0 Å².